The average Bonchev–Trinajstić information content (AvgIpc) is 3.54. The summed E-state index contributed by atoms with van der Waals surface area (Å²) in [5.74, 6) is -4.31. The summed E-state index contributed by atoms with van der Waals surface area (Å²) in [6.45, 7) is 30.5. The van der Waals surface area contributed by atoms with E-state index in [9.17, 15) is 28.8 Å². The highest BCUT2D eigenvalue weighted by Crippen LogP contribution is 2.41. The van der Waals surface area contributed by atoms with Crippen molar-refractivity contribution in [3.63, 3.8) is 0 Å². The highest BCUT2D eigenvalue weighted by atomic mass is 32.1. The number of nitrogens with zero attached hydrogens (tertiary/aromatic N) is 5. The van der Waals surface area contributed by atoms with Gasteiger partial charge in [-0.1, -0.05) is 119 Å². The summed E-state index contributed by atoms with van der Waals surface area (Å²) in [5.41, 5.74) is -2.33. The van der Waals surface area contributed by atoms with Gasteiger partial charge in [0.05, 0.1) is 10.6 Å². The van der Waals surface area contributed by atoms with Gasteiger partial charge in [0.15, 0.2) is 5.13 Å². The Bertz CT molecular complexity index is 1690. The Morgan fingerprint density at radius 2 is 1.30 bits per heavy atom. The molecule has 12 heteroatoms. The van der Waals surface area contributed by atoms with Crippen molar-refractivity contribution in [1.29, 1.82) is 0 Å². The topological polar surface area (TPSA) is 128 Å². The number of carbonyl (C=O) groups excluding carboxylic acids is 6. The van der Waals surface area contributed by atoms with Crippen LogP contribution in [0.1, 0.15) is 179 Å². The number of hydrogen-bond acceptors (Lipinski definition) is 9. The first-order chi connectivity index (χ1) is 26.3. The van der Waals surface area contributed by atoms with E-state index in [4.69, 9.17) is 4.98 Å². The Morgan fingerprint density at radius 1 is 0.789 bits per heavy atom. The van der Waals surface area contributed by atoms with Crippen molar-refractivity contribution in [2.75, 3.05) is 18.0 Å². The molecular formula is C45H73N5O6S. The maximum atomic E-state index is 14.8. The van der Waals surface area contributed by atoms with Crippen LogP contribution < -0.4 is 4.90 Å². The first kappa shape index (κ1) is 49.5. The number of amides is 6. The maximum Gasteiger partial charge on any atom is 0.286 e. The molecule has 6 amide bonds. The van der Waals surface area contributed by atoms with Crippen molar-refractivity contribution >= 4 is 58.0 Å². The fourth-order valence-corrected chi connectivity index (χ4v) is 8.33. The Hall–Kier alpha value is -3.67. The van der Waals surface area contributed by atoms with E-state index in [2.05, 4.69) is 53.4 Å². The van der Waals surface area contributed by atoms with Gasteiger partial charge in [-0.2, -0.15) is 10.0 Å². The summed E-state index contributed by atoms with van der Waals surface area (Å²) in [6, 6.07) is 0. The number of hydrogen-bond donors (Lipinski definition) is 0. The Balaban J connectivity index is 3.11. The van der Waals surface area contributed by atoms with Crippen molar-refractivity contribution in [3.05, 3.63) is 27.3 Å². The quantitative estimate of drug-likeness (QED) is 0.0815. The Kier molecular flexibility index (Phi) is 17.7. The second-order valence-electron chi connectivity index (χ2n) is 18.4. The number of aromatic nitrogens is 1. The van der Waals surface area contributed by atoms with E-state index in [1.54, 1.807) is 47.6 Å². The average molecular weight is 812 g/mol. The lowest BCUT2D eigenvalue weighted by Gasteiger charge is -2.39. The van der Waals surface area contributed by atoms with Crippen LogP contribution in [0.15, 0.2) is 16.7 Å². The maximum absolute atomic E-state index is 14.8. The zero-order valence-electron chi connectivity index (χ0n) is 38.1. The lowest BCUT2D eigenvalue weighted by molar-refractivity contribution is -0.180. The third kappa shape index (κ3) is 11.9. The molecule has 2 rings (SSSR count). The van der Waals surface area contributed by atoms with Crippen molar-refractivity contribution in [3.8, 4) is 0 Å². The molecule has 0 N–H and O–H groups in total. The Morgan fingerprint density at radius 3 is 1.68 bits per heavy atom. The summed E-state index contributed by atoms with van der Waals surface area (Å²) in [4.78, 5) is 93.3. The van der Waals surface area contributed by atoms with Gasteiger partial charge < -0.3 is 4.90 Å². The molecule has 1 aliphatic rings. The molecule has 0 fully saturated rings. The van der Waals surface area contributed by atoms with E-state index >= 15 is 0 Å². The highest BCUT2D eigenvalue weighted by Gasteiger charge is 2.49. The van der Waals surface area contributed by atoms with Crippen molar-refractivity contribution < 1.29 is 28.8 Å². The monoisotopic (exact) mass is 812 g/mol. The minimum Gasteiger partial charge on any atom is -0.348 e. The van der Waals surface area contributed by atoms with E-state index in [0.29, 0.717) is 26.7 Å². The van der Waals surface area contributed by atoms with Gasteiger partial charge in [0, 0.05) is 48.9 Å². The number of anilines is 1. The molecule has 0 aromatic carbocycles. The van der Waals surface area contributed by atoms with Crippen LogP contribution >= 0.6 is 11.3 Å². The SMILES string of the molecule is CCCCC(CC)CN(CC(CC)CCCC)c1nc(C(C)(C)CC)c(/C=C2\C(=O)N(N(C(C)=O)C(=O)C(C)(C)C)C(=O)C(C(=O)N(C(C)=O)C(C)(C)C)=C2C)s1. The zero-order chi connectivity index (χ0) is 43.8. The van der Waals surface area contributed by atoms with Crippen molar-refractivity contribution in [1.82, 2.24) is 19.9 Å². The lowest BCUT2D eigenvalue weighted by atomic mass is 9.85. The molecule has 2 atom stereocenters. The van der Waals surface area contributed by atoms with Gasteiger partial charge in [0.25, 0.3) is 23.6 Å². The van der Waals surface area contributed by atoms with Gasteiger partial charge in [-0.05, 0) is 70.4 Å². The summed E-state index contributed by atoms with van der Waals surface area (Å²) >= 11 is 1.48. The second-order valence-corrected chi connectivity index (χ2v) is 19.4. The fraction of sp³-hybridized carbons (Fsp3) is 0.711. The van der Waals surface area contributed by atoms with E-state index in [-0.39, 0.29) is 11.1 Å². The predicted octanol–water partition coefficient (Wildman–Crippen LogP) is 9.65. The largest absolute Gasteiger partial charge is 0.348 e. The molecule has 57 heavy (non-hydrogen) atoms. The Labute approximate surface area is 347 Å². The number of rotatable bonds is 18. The van der Waals surface area contributed by atoms with Crippen LogP contribution in [-0.2, 0) is 34.2 Å². The zero-order valence-corrected chi connectivity index (χ0v) is 38.9. The highest BCUT2D eigenvalue weighted by molar-refractivity contribution is 7.16. The van der Waals surface area contributed by atoms with Crippen LogP contribution in [0.4, 0.5) is 5.13 Å². The van der Waals surface area contributed by atoms with Crippen molar-refractivity contribution in [2.24, 2.45) is 17.3 Å². The van der Waals surface area contributed by atoms with Gasteiger partial charge in [-0.25, -0.2) is 4.98 Å². The smallest absolute Gasteiger partial charge is 0.286 e. The minimum absolute atomic E-state index is 0.0398. The van der Waals surface area contributed by atoms with Gasteiger partial charge in [-0.3, -0.25) is 33.7 Å². The van der Waals surface area contributed by atoms with E-state index in [0.717, 1.165) is 93.5 Å². The van der Waals surface area contributed by atoms with Crippen LogP contribution in [0, 0.1) is 17.3 Å². The molecule has 2 heterocycles. The molecule has 0 radical (unpaired) electrons. The summed E-state index contributed by atoms with van der Waals surface area (Å²) in [6.07, 6.45) is 11.3. The first-order valence-electron chi connectivity index (χ1n) is 21.1. The molecule has 1 aromatic rings. The van der Waals surface area contributed by atoms with Gasteiger partial charge >= 0.3 is 0 Å². The summed E-state index contributed by atoms with van der Waals surface area (Å²) in [5, 5.41) is 1.87. The molecular weight excluding hydrogens is 739 g/mol. The number of unbranched alkanes of at least 4 members (excludes halogenated alkanes) is 2. The normalized spacial score (nSPS) is 15.9. The molecule has 0 spiro atoms. The van der Waals surface area contributed by atoms with E-state index < -0.39 is 57.4 Å². The third-order valence-corrected chi connectivity index (χ3v) is 12.2. The second kappa shape index (κ2) is 20.3. The molecule has 0 bridgehead atoms. The van der Waals surface area contributed by atoms with Crippen LogP contribution in [0.2, 0.25) is 0 Å². The summed E-state index contributed by atoms with van der Waals surface area (Å²) in [7, 11) is 0. The standard InChI is InChI=1S/C45H73N5O6S/c1-17-22-24-32(19-3)27-47(28-33(20-4)25-23-18-2)42-46-37(45(15,16)21-5)35(57-42)26-34-29(6)36(39(54)48(30(7)51)44(12,13)14)40(55)50(38(34)53)49(31(8)52)41(56)43(9,10)11/h26,32-33H,17-25,27-28H2,1-16H3/b34-26-. The summed E-state index contributed by atoms with van der Waals surface area (Å²) < 4.78 is 0. The fourth-order valence-electron chi connectivity index (χ4n) is 7.12. The minimum atomic E-state index is -1.18. The number of imide groups is 3. The predicted molar refractivity (Wildman–Crippen MR) is 231 cm³/mol. The third-order valence-electron chi connectivity index (χ3n) is 11.1. The van der Waals surface area contributed by atoms with E-state index in [1.807, 2.05) is 0 Å². The van der Waals surface area contributed by atoms with Crippen LogP contribution in [-0.4, -0.2) is 74.0 Å². The number of thiazole rings is 1. The van der Waals surface area contributed by atoms with Crippen LogP contribution in [0.3, 0.4) is 0 Å². The number of hydrazine groups is 1. The van der Waals surface area contributed by atoms with Crippen LogP contribution in [0.5, 0.6) is 0 Å². The van der Waals surface area contributed by atoms with Gasteiger partial charge in [0.2, 0.25) is 11.8 Å². The van der Waals surface area contributed by atoms with Crippen molar-refractivity contribution in [2.45, 2.75) is 180 Å². The van der Waals surface area contributed by atoms with Gasteiger partial charge in [0.1, 0.15) is 5.57 Å². The number of carbonyl (C=O) groups is 6. The molecule has 320 valence electrons. The molecule has 0 saturated carbocycles. The van der Waals surface area contributed by atoms with Gasteiger partial charge in [-0.15, -0.1) is 0 Å². The molecule has 0 saturated heterocycles. The lowest BCUT2D eigenvalue weighted by Crippen LogP contribution is -2.61. The van der Waals surface area contributed by atoms with Crippen LogP contribution in [0.25, 0.3) is 6.08 Å². The molecule has 1 aromatic heterocycles. The molecule has 1 aliphatic heterocycles. The first-order valence-corrected chi connectivity index (χ1v) is 21.9. The molecule has 0 aliphatic carbocycles. The molecule has 2 unspecified atom stereocenters. The molecule has 11 nitrogen and oxygen atoms in total. The van der Waals surface area contributed by atoms with E-state index in [1.165, 1.54) is 25.2 Å².